The number of hydrogen-bond acceptors (Lipinski definition) is 4. The number of aliphatic hydroxyl groups excluding tert-OH is 1. The molecule has 94 valence electrons. The monoisotopic (exact) mass is 230 g/mol. The van der Waals surface area contributed by atoms with Crippen molar-refractivity contribution in [2.45, 2.75) is 25.3 Å². The molecule has 1 fully saturated rings. The van der Waals surface area contributed by atoms with E-state index in [0.29, 0.717) is 19.7 Å². The molecule has 0 aromatic rings. The summed E-state index contributed by atoms with van der Waals surface area (Å²) in [5.74, 6) is 0.0852. The highest BCUT2D eigenvalue weighted by Crippen LogP contribution is 2.12. The summed E-state index contributed by atoms with van der Waals surface area (Å²) in [5.41, 5.74) is 0. The summed E-state index contributed by atoms with van der Waals surface area (Å²) < 4.78 is 5.02. The fourth-order valence-corrected chi connectivity index (χ4v) is 2.03. The van der Waals surface area contributed by atoms with Crippen LogP contribution < -0.4 is 5.32 Å². The van der Waals surface area contributed by atoms with Crippen LogP contribution in [0.5, 0.6) is 0 Å². The minimum absolute atomic E-state index is 0.0769. The van der Waals surface area contributed by atoms with Gasteiger partial charge in [0, 0.05) is 26.7 Å². The van der Waals surface area contributed by atoms with Crippen LogP contribution >= 0.6 is 0 Å². The maximum atomic E-state index is 11.8. The van der Waals surface area contributed by atoms with Crippen molar-refractivity contribution >= 4 is 5.91 Å². The summed E-state index contributed by atoms with van der Waals surface area (Å²) in [6.07, 6.45) is 2.97. The molecule has 1 saturated heterocycles. The number of ether oxygens (including phenoxy) is 1. The first kappa shape index (κ1) is 13.4. The number of amides is 1. The largest absolute Gasteiger partial charge is 0.395 e. The topological polar surface area (TPSA) is 61.8 Å². The zero-order valence-corrected chi connectivity index (χ0v) is 9.95. The Balaban J connectivity index is 2.54. The molecular weight excluding hydrogens is 208 g/mol. The van der Waals surface area contributed by atoms with Crippen molar-refractivity contribution in [3.63, 3.8) is 0 Å². The zero-order valence-electron chi connectivity index (χ0n) is 9.95. The SMILES string of the molecule is COCCN(CCO)C1CCCCNC1=O. The van der Waals surface area contributed by atoms with E-state index < -0.39 is 0 Å². The molecule has 0 aromatic heterocycles. The number of carbonyl (C=O) groups is 1. The number of methoxy groups -OCH3 is 1. The fraction of sp³-hybridized carbons (Fsp3) is 0.909. The summed E-state index contributed by atoms with van der Waals surface area (Å²) >= 11 is 0. The highest BCUT2D eigenvalue weighted by molar-refractivity contribution is 5.81. The molecule has 1 aliphatic heterocycles. The second-order valence-electron chi connectivity index (χ2n) is 4.05. The molecule has 0 spiro atoms. The van der Waals surface area contributed by atoms with Crippen molar-refractivity contribution < 1.29 is 14.6 Å². The number of carbonyl (C=O) groups excluding carboxylic acids is 1. The van der Waals surface area contributed by atoms with Gasteiger partial charge in [-0.05, 0) is 19.3 Å². The molecule has 1 rings (SSSR count). The van der Waals surface area contributed by atoms with E-state index >= 15 is 0 Å². The maximum Gasteiger partial charge on any atom is 0.237 e. The van der Waals surface area contributed by atoms with E-state index in [9.17, 15) is 4.79 Å². The van der Waals surface area contributed by atoms with Gasteiger partial charge in [-0.2, -0.15) is 0 Å². The van der Waals surface area contributed by atoms with E-state index in [2.05, 4.69) is 5.32 Å². The third-order valence-electron chi connectivity index (χ3n) is 2.92. The molecule has 0 aromatic carbocycles. The van der Waals surface area contributed by atoms with Gasteiger partial charge in [-0.3, -0.25) is 9.69 Å². The van der Waals surface area contributed by atoms with E-state index in [1.807, 2.05) is 4.90 Å². The van der Waals surface area contributed by atoms with E-state index in [4.69, 9.17) is 9.84 Å². The summed E-state index contributed by atoms with van der Waals surface area (Å²) in [5, 5.41) is 11.9. The molecule has 1 unspecified atom stereocenters. The van der Waals surface area contributed by atoms with Crippen LogP contribution in [0.15, 0.2) is 0 Å². The minimum Gasteiger partial charge on any atom is -0.395 e. The molecule has 0 radical (unpaired) electrons. The van der Waals surface area contributed by atoms with Gasteiger partial charge in [0.25, 0.3) is 0 Å². The molecule has 1 amide bonds. The summed E-state index contributed by atoms with van der Waals surface area (Å²) in [7, 11) is 1.64. The van der Waals surface area contributed by atoms with Gasteiger partial charge >= 0.3 is 0 Å². The van der Waals surface area contributed by atoms with Crippen LogP contribution in [0.4, 0.5) is 0 Å². The lowest BCUT2D eigenvalue weighted by molar-refractivity contribution is -0.126. The Morgan fingerprint density at radius 2 is 2.31 bits per heavy atom. The van der Waals surface area contributed by atoms with Gasteiger partial charge in [-0.1, -0.05) is 0 Å². The van der Waals surface area contributed by atoms with E-state index in [1.54, 1.807) is 7.11 Å². The number of nitrogens with zero attached hydrogens (tertiary/aromatic N) is 1. The number of rotatable bonds is 6. The molecule has 0 aliphatic carbocycles. The van der Waals surface area contributed by atoms with Crippen molar-refractivity contribution in [2.24, 2.45) is 0 Å². The maximum absolute atomic E-state index is 11.8. The lowest BCUT2D eigenvalue weighted by Crippen LogP contribution is -2.48. The molecule has 2 N–H and O–H groups in total. The minimum atomic E-state index is -0.107. The van der Waals surface area contributed by atoms with Gasteiger partial charge in [0.2, 0.25) is 5.91 Å². The van der Waals surface area contributed by atoms with E-state index in [1.165, 1.54) is 0 Å². The Labute approximate surface area is 96.8 Å². The average molecular weight is 230 g/mol. The lowest BCUT2D eigenvalue weighted by Gasteiger charge is -2.28. The van der Waals surface area contributed by atoms with Gasteiger partial charge < -0.3 is 15.2 Å². The molecule has 5 heteroatoms. The Morgan fingerprint density at radius 1 is 1.50 bits per heavy atom. The van der Waals surface area contributed by atoms with Gasteiger partial charge in [0.1, 0.15) is 0 Å². The Bertz CT molecular complexity index is 211. The molecule has 0 bridgehead atoms. The van der Waals surface area contributed by atoms with E-state index in [-0.39, 0.29) is 18.6 Å². The van der Waals surface area contributed by atoms with Crippen LogP contribution in [0.2, 0.25) is 0 Å². The Hall–Kier alpha value is -0.650. The van der Waals surface area contributed by atoms with Crippen LogP contribution in [-0.2, 0) is 9.53 Å². The normalized spacial score (nSPS) is 21.9. The lowest BCUT2D eigenvalue weighted by atomic mass is 10.1. The third kappa shape index (κ3) is 4.08. The number of hydrogen-bond donors (Lipinski definition) is 2. The van der Waals surface area contributed by atoms with Gasteiger partial charge in [-0.25, -0.2) is 0 Å². The third-order valence-corrected chi connectivity index (χ3v) is 2.92. The van der Waals surface area contributed by atoms with Gasteiger partial charge in [-0.15, -0.1) is 0 Å². The first-order chi connectivity index (χ1) is 7.79. The van der Waals surface area contributed by atoms with Crippen molar-refractivity contribution in [3.8, 4) is 0 Å². The second-order valence-corrected chi connectivity index (χ2v) is 4.05. The average Bonchev–Trinajstić information content (AvgIpc) is 2.49. The highest BCUT2D eigenvalue weighted by Gasteiger charge is 2.26. The zero-order chi connectivity index (χ0) is 11.8. The Morgan fingerprint density at radius 3 is 3.00 bits per heavy atom. The predicted octanol–water partition coefficient (Wildman–Crippen LogP) is -0.404. The van der Waals surface area contributed by atoms with E-state index in [0.717, 1.165) is 25.8 Å². The van der Waals surface area contributed by atoms with Crippen LogP contribution in [0, 0.1) is 0 Å². The smallest absolute Gasteiger partial charge is 0.237 e. The molecule has 5 nitrogen and oxygen atoms in total. The van der Waals surface area contributed by atoms with Crippen LogP contribution in [0.25, 0.3) is 0 Å². The number of nitrogens with one attached hydrogen (secondary N) is 1. The molecule has 0 saturated carbocycles. The van der Waals surface area contributed by atoms with Crippen molar-refractivity contribution in [1.29, 1.82) is 0 Å². The van der Waals surface area contributed by atoms with Gasteiger partial charge in [0.15, 0.2) is 0 Å². The van der Waals surface area contributed by atoms with Crippen LogP contribution in [0.1, 0.15) is 19.3 Å². The first-order valence-electron chi connectivity index (χ1n) is 5.91. The predicted molar refractivity (Wildman–Crippen MR) is 61.2 cm³/mol. The van der Waals surface area contributed by atoms with Crippen LogP contribution in [0.3, 0.4) is 0 Å². The first-order valence-corrected chi connectivity index (χ1v) is 5.91. The summed E-state index contributed by atoms with van der Waals surface area (Å²) in [6.45, 7) is 2.65. The highest BCUT2D eigenvalue weighted by atomic mass is 16.5. The molecular formula is C11H22N2O3. The molecule has 1 heterocycles. The molecule has 1 aliphatic rings. The van der Waals surface area contributed by atoms with Crippen molar-refractivity contribution in [3.05, 3.63) is 0 Å². The quantitative estimate of drug-likeness (QED) is 0.651. The molecule has 1 atom stereocenters. The second kappa shape index (κ2) is 7.60. The summed E-state index contributed by atoms with van der Waals surface area (Å²) in [6, 6.07) is -0.107. The van der Waals surface area contributed by atoms with Gasteiger partial charge in [0.05, 0.1) is 19.3 Å². The number of aliphatic hydroxyl groups is 1. The standard InChI is InChI=1S/C11H22N2O3/c1-16-9-7-13(6-8-14)10-4-2-3-5-12-11(10)15/h10,14H,2-9H2,1H3,(H,12,15). The van der Waals surface area contributed by atoms with Crippen molar-refractivity contribution in [1.82, 2.24) is 10.2 Å². The molecule has 16 heavy (non-hydrogen) atoms. The fourth-order valence-electron chi connectivity index (χ4n) is 2.03. The Kier molecular flexibility index (Phi) is 6.37. The van der Waals surface area contributed by atoms with Crippen LogP contribution in [-0.4, -0.2) is 61.9 Å². The van der Waals surface area contributed by atoms with Crippen molar-refractivity contribution in [2.75, 3.05) is 40.0 Å². The summed E-state index contributed by atoms with van der Waals surface area (Å²) in [4.78, 5) is 13.8.